The first-order chi connectivity index (χ1) is 33.7. The van der Waals surface area contributed by atoms with Crippen LogP contribution in [0, 0.1) is 0 Å². The van der Waals surface area contributed by atoms with Gasteiger partial charge < -0.3 is 15.5 Å². The van der Waals surface area contributed by atoms with Crippen molar-refractivity contribution in [3.05, 3.63) is 85.1 Å². The molecule has 1 amide bonds. The van der Waals surface area contributed by atoms with E-state index in [9.17, 15) is 15.0 Å². The van der Waals surface area contributed by atoms with Crippen molar-refractivity contribution in [1.82, 2.24) is 5.32 Å². The first kappa shape index (κ1) is 65.6. The zero-order chi connectivity index (χ0) is 49.2. The second-order valence-electron chi connectivity index (χ2n) is 20.0. The minimum atomic E-state index is -0.863. The molecule has 4 heteroatoms. The molecule has 394 valence electrons. The van der Waals surface area contributed by atoms with Crippen molar-refractivity contribution >= 4 is 5.91 Å². The predicted octanol–water partition coefficient (Wildman–Crippen LogP) is 19.9. The predicted molar refractivity (Wildman–Crippen MR) is 303 cm³/mol. The van der Waals surface area contributed by atoms with E-state index < -0.39 is 12.1 Å². The Kier molecular flexibility index (Phi) is 56.8. The molecule has 0 aliphatic rings. The van der Waals surface area contributed by atoms with E-state index in [1.54, 1.807) is 6.08 Å². The van der Waals surface area contributed by atoms with Crippen molar-refractivity contribution < 1.29 is 15.0 Å². The summed E-state index contributed by atoms with van der Waals surface area (Å²) in [4.78, 5) is 12.5. The van der Waals surface area contributed by atoms with Gasteiger partial charge in [0.05, 0.1) is 18.8 Å². The van der Waals surface area contributed by atoms with E-state index in [4.69, 9.17) is 0 Å². The highest BCUT2D eigenvalue weighted by molar-refractivity contribution is 5.76. The lowest BCUT2D eigenvalue weighted by Crippen LogP contribution is -2.45. The van der Waals surface area contributed by atoms with Crippen molar-refractivity contribution in [1.29, 1.82) is 0 Å². The topological polar surface area (TPSA) is 69.6 Å². The first-order valence-electron chi connectivity index (χ1n) is 29.8. The minimum Gasteiger partial charge on any atom is -0.394 e. The van der Waals surface area contributed by atoms with Gasteiger partial charge in [-0.05, 0) is 77.0 Å². The summed E-state index contributed by atoms with van der Waals surface area (Å²) in [5, 5.41) is 23.1. The SMILES string of the molecule is CC/C=C\C/C=C\C/C=C\C/C=C\C/C=C\CCCCCCCCCCCCCCCCCCCCCCCCCC(=O)NC(CO)C(O)/C=C/CC/C=C/CCCCCCCCCCCCC. The number of nitrogens with one attached hydrogen (secondary N) is 1. The van der Waals surface area contributed by atoms with Crippen LogP contribution in [0.2, 0.25) is 0 Å². The van der Waals surface area contributed by atoms with Gasteiger partial charge in [0.1, 0.15) is 0 Å². The van der Waals surface area contributed by atoms with Gasteiger partial charge in [0, 0.05) is 6.42 Å². The van der Waals surface area contributed by atoms with Crippen LogP contribution < -0.4 is 5.32 Å². The molecule has 2 unspecified atom stereocenters. The molecule has 0 radical (unpaired) electrons. The van der Waals surface area contributed by atoms with Gasteiger partial charge in [0.15, 0.2) is 0 Å². The van der Waals surface area contributed by atoms with Crippen LogP contribution in [0.3, 0.4) is 0 Å². The van der Waals surface area contributed by atoms with Gasteiger partial charge in [-0.2, -0.15) is 0 Å². The molecule has 0 aliphatic heterocycles. The molecule has 0 saturated carbocycles. The van der Waals surface area contributed by atoms with Gasteiger partial charge in [-0.15, -0.1) is 0 Å². The maximum atomic E-state index is 12.5. The van der Waals surface area contributed by atoms with Crippen LogP contribution in [0.25, 0.3) is 0 Å². The number of aliphatic hydroxyl groups is 2. The maximum absolute atomic E-state index is 12.5. The van der Waals surface area contributed by atoms with Gasteiger partial charge in [-0.25, -0.2) is 0 Å². The van der Waals surface area contributed by atoms with Gasteiger partial charge in [-0.3, -0.25) is 4.79 Å². The molecule has 0 aromatic carbocycles. The second kappa shape index (κ2) is 58.9. The average molecular weight is 947 g/mol. The number of unbranched alkanes of at least 4 members (excludes halogenated alkanes) is 35. The quantitative estimate of drug-likeness (QED) is 0.0420. The Balaban J connectivity index is 3.46. The highest BCUT2D eigenvalue weighted by atomic mass is 16.3. The lowest BCUT2D eigenvalue weighted by molar-refractivity contribution is -0.123. The Morgan fingerprint density at radius 3 is 1.03 bits per heavy atom. The van der Waals surface area contributed by atoms with E-state index >= 15 is 0 Å². The fourth-order valence-corrected chi connectivity index (χ4v) is 8.87. The van der Waals surface area contributed by atoms with E-state index in [0.717, 1.165) is 64.2 Å². The van der Waals surface area contributed by atoms with E-state index in [-0.39, 0.29) is 12.5 Å². The maximum Gasteiger partial charge on any atom is 0.220 e. The fraction of sp³-hybridized carbons (Fsp3) is 0.766. The largest absolute Gasteiger partial charge is 0.394 e. The zero-order valence-corrected chi connectivity index (χ0v) is 45.4. The molecular weight excluding hydrogens is 831 g/mol. The number of aliphatic hydroxyl groups excluding tert-OH is 2. The monoisotopic (exact) mass is 946 g/mol. The standard InChI is InChI=1S/C64H115NO3/c1-3-5-7-9-11-13-15-17-19-21-22-23-24-25-26-27-28-29-30-31-32-33-34-35-36-37-38-39-40-41-42-44-46-48-50-52-54-56-58-60-64(68)65-62(61-66)63(67)59-57-55-53-51-49-47-45-43-20-18-16-14-12-10-8-6-4-2/h5,7,11,13,17,19,22-23,25-26,49,51,57,59,62-63,66-67H,3-4,6,8-10,12,14-16,18,20-21,24,27-48,50,52-56,58,60-61H2,1-2H3,(H,65,68)/b7-5-,13-11-,19-17-,23-22-,26-25-,51-49+,59-57+. The number of carbonyl (C=O) groups excluding carboxylic acids is 1. The number of allylic oxidation sites excluding steroid dienone is 13. The van der Waals surface area contributed by atoms with Crippen LogP contribution in [0.1, 0.15) is 296 Å². The van der Waals surface area contributed by atoms with Crippen molar-refractivity contribution in [3.8, 4) is 0 Å². The van der Waals surface area contributed by atoms with Crippen LogP contribution in [0.15, 0.2) is 85.1 Å². The van der Waals surface area contributed by atoms with Gasteiger partial charge in [0.25, 0.3) is 0 Å². The fourth-order valence-electron chi connectivity index (χ4n) is 8.87. The van der Waals surface area contributed by atoms with Crippen molar-refractivity contribution in [2.45, 2.75) is 309 Å². The Bertz CT molecular complexity index is 1210. The van der Waals surface area contributed by atoms with Crippen LogP contribution in [0.4, 0.5) is 0 Å². The summed E-state index contributed by atoms with van der Waals surface area (Å²) in [5.41, 5.74) is 0. The molecule has 0 aliphatic carbocycles. The van der Waals surface area contributed by atoms with Crippen LogP contribution in [-0.2, 0) is 4.79 Å². The Morgan fingerprint density at radius 2 is 0.662 bits per heavy atom. The van der Waals surface area contributed by atoms with Gasteiger partial charge >= 0.3 is 0 Å². The van der Waals surface area contributed by atoms with E-state index in [1.807, 2.05) is 6.08 Å². The third kappa shape index (κ3) is 54.5. The zero-order valence-electron chi connectivity index (χ0n) is 45.4. The highest BCUT2D eigenvalue weighted by Crippen LogP contribution is 2.17. The molecule has 0 heterocycles. The number of hydrogen-bond donors (Lipinski definition) is 3. The number of rotatable bonds is 54. The number of amides is 1. The second-order valence-corrected chi connectivity index (χ2v) is 20.0. The lowest BCUT2D eigenvalue weighted by Gasteiger charge is -2.19. The molecule has 0 saturated heterocycles. The summed E-state index contributed by atoms with van der Waals surface area (Å²) in [6, 6.07) is -0.640. The summed E-state index contributed by atoms with van der Waals surface area (Å²) >= 11 is 0. The molecule has 0 fully saturated rings. The van der Waals surface area contributed by atoms with E-state index in [0.29, 0.717) is 6.42 Å². The minimum absolute atomic E-state index is 0.0710. The average Bonchev–Trinajstić information content (AvgIpc) is 3.34. The third-order valence-corrected chi connectivity index (χ3v) is 13.4. The Labute approximate surface area is 424 Å². The molecule has 0 rings (SSSR count). The Morgan fingerprint density at radius 1 is 0.368 bits per heavy atom. The summed E-state index contributed by atoms with van der Waals surface area (Å²) in [7, 11) is 0. The number of carbonyl (C=O) groups is 1. The molecule has 2 atom stereocenters. The molecule has 0 bridgehead atoms. The summed E-state index contributed by atoms with van der Waals surface area (Å²) < 4.78 is 0. The molecule has 0 aromatic rings. The summed E-state index contributed by atoms with van der Waals surface area (Å²) in [6.07, 6.45) is 86.3. The number of hydrogen-bond acceptors (Lipinski definition) is 3. The third-order valence-electron chi connectivity index (χ3n) is 13.4. The summed E-state index contributed by atoms with van der Waals surface area (Å²) in [6.45, 7) is 4.20. The van der Waals surface area contributed by atoms with E-state index in [1.165, 1.54) is 212 Å². The summed E-state index contributed by atoms with van der Waals surface area (Å²) in [5.74, 6) is -0.0710. The molecule has 68 heavy (non-hydrogen) atoms. The molecule has 3 N–H and O–H groups in total. The van der Waals surface area contributed by atoms with Crippen LogP contribution in [-0.4, -0.2) is 34.9 Å². The highest BCUT2D eigenvalue weighted by Gasteiger charge is 2.18. The molecule has 0 aromatic heterocycles. The van der Waals surface area contributed by atoms with E-state index in [2.05, 4.69) is 92.1 Å². The first-order valence-corrected chi connectivity index (χ1v) is 29.8. The van der Waals surface area contributed by atoms with Crippen LogP contribution >= 0.6 is 0 Å². The van der Waals surface area contributed by atoms with Crippen molar-refractivity contribution in [2.75, 3.05) is 6.61 Å². The normalized spacial score (nSPS) is 13.4. The Hall–Kier alpha value is -2.43. The lowest BCUT2D eigenvalue weighted by atomic mass is 10.0. The van der Waals surface area contributed by atoms with Crippen molar-refractivity contribution in [3.63, 3.8) is 0 Å². The van der Waals surface area contributed by atoms with Gasteiger partial charge in [-0.1, -0.05) is 298 Å². The van der Waals surface area contributed by atoms with Crippen LogP contribution in [0.5, 0.6) is 0 Å². The molecular formula is C64H115NO3. The molecule has 0 spiro atoms. The van der Waals surface area contributed by atoms with Gasteiger partial charge in [0.2, 0.25) is 5.91 Å². The smallest absolute Gasteiger partial charge is 0.220 e. The molecule has 4 nitrogen and oxygen atoms in total. The van der Waals surface area contributed by atoms with Crippen molar-refractivity contribution in [2.24, 2.45) is 0 Å².